The Morgan fingerprint density at radius 3 is 2.21 bits per heavy atom. The summed E-state index contributed by atoms with van der Waals surface area (Å²) in [4.78, 5) is 18.8. The van der Waals surface area contributed by atoms with E-state index in [1.165, 1.54) is 5.57 Å². The second kappa shape index (κ2) is 13.5. The Hall–Kier alpha value is -5.43. The molecule has 4 aromatic carbocycles. The van der Waals surface area contributed by atoms with E-state index in [4.69, 9.17) is 19.0 Å². The summed E-state index contributed by atoms with van der Waals surface area (Å²) in [6, 6.07) is 33.3. The van der Waals surface area contributed by atoms with Gasteiger partial charge in [-0.1, -0.05) is 54.6 Å². The van der Waals surface area contributed by atoms with E-state index < -0.39 is 0 Å². The molecule has 2 heterocycles. The third-order valence-electron chi connectivity index (χ3n) is 8.72. The minimum Gasteiger partial charge on any atom is -0.494 e. The average Bonchev–Trinajstić information content (AvgIpc) is 3.77. The Bertz CT molecular complexity index is 1890. The Kier molecular flexibility index (Phi) is 8.69. The normalized spacial score (nSPS) is 18.1. The number of oxazole rings is 1. The van der Waals surface area contributed by atoms with Gasteiger partial charge in [-0.25, -0.2) is 9.99 Å². The van der Waals surface area contributed by atoms with Crippen molar-refractivity contribution in [3.63, 3.8) is 0 Å². The minimum absolute atomic E-state index is 0.0857. The molecule has 2 aliphatic rings. The number of fused-ring (bicyclic) bond motifs is 1. The molecule has 1 aliphatic carbocycles. The molecule has 0 unspecified atom stereocenters. The fourth-order valence-electron chi connectivity index (χ4n) is 6.49. The molecule has 0 spiro atoms. The summed E-state index contributed by atoms with van der Waals surface area (Å²) in [5, 5.41) is 6.79. The number of hydrogen-bond donors (Lipinski definition) is 0. The van der Waals surface area contributed by atoms with Crippen LogP contribution >= 0.6 is 0 Å². The lowest BCUT2D eigenvalue weighted by atomic mass is 9.77. The van der Waals surface area contributed by atoms with Gasteiger partial charge in [0, 0.05) is 22.6 Å². The van der Waals surface area contributed by atoms with Gasteiger partial charge >= 0.3 is 0 Å². The lowest BCUT2D eigenvalue weighted by Crippen LogP contribution is -2.31. The topological polar surface area (TPSA) is 77.2 Å². The quantitative estimate of drug-likeness (QED) is 0.164. The van der Waals surface area contributed by atoms with Gasteiger partial charge in [-0.05, 0) is 104 Å². The van der Waals surface area contributed by atoms with Crippen LogP contribution in [-0.4, -0.2) is 34.8 Å². The van der Waals surface area contributed by atoms with Gasteiger partial charge in [0.25, 0.3) is 5.91 Å². The maximum absolute atomic E-state index is 14.3. The van der Waals surface area contributed by atoms with E-state index in [1.807, 2.05) is 92.7 Å². The highest BCUT2D eigenvalue weighted by molar-refractivity contribution is 6.09. The second-order valence-corrected chi connectivity index (χ2v) is 11.7. The maximum atomic E-state index is 14.3. The Morgan fingerprint density at radius 2 is 1.53 bits per heavy atom. The third kappa shape index (κ3) is 6.34. The van der Waals surface area contributed by atoms with Gasteiger partial charge < -0.3 is 13.9 Å². The monoisotopic (exact) mass is 623 g/mol. The zero-order valence-corrected chi connectivity index (χ0v) is 26.6. The number of hydrogen-bond acceptors (Lipinski definition) is 6. The molecule has 0 saturated heterocycles. The molecule has 0 N–H and O–H groups in total. The van der Waals surface area contributed by atoms with E-state index in [9.17, 15) is 4.79 Å². The molecule has 7 nitrogen and oxygen atoms in total. The first-order valence-electron chi connectivity index (χ1n) is 16.3. The van der Waals surface area contributed by atoms with Crippen molar-refractivity contribution in [2.45, 2.75) is 39.2 Å². The average molecular weight is 624 g/mol. The van der Waals surface area contributed by atoms with Crippen molar-refractivity contribution in [1.29, 1.82) is 0 Å². The summed E-state index contributed by atoms with van der Waals surface area (Å²) in [5.41, 5.74) is 6.61. The lowest BCUT2D eigenvalue weighted by molar-refractivity contribution is 0.0681. The van der Waals surface area contributed by atoms with Crippen molar-refractivity contribution in [3.05, 3.63) is 132 Å². The lowest BCUT2D eigenvalue weighted by Gasteiger charge is -2.30. The number of carbonyl (C=O) groups excluding carboxylic acids is 1. The fraction of sp³-hybridized carbons (Fsp3) is 0.225. The molecule has 0 bridgehead atoms. The van der Waals surface area contributed by atoms with E-state index in [-0.39, 0.29) is 17.9 Å². The van der Waals surface area contributed by atoms with Gasteiger partial charge in [-0.2, -0.15) is 5.10 Å². The van der Waals surface area contributed by atoms with Crippen molar-refractivity contribution >= 4 is 17.7 Å². The van der Waals surface area contributed by atoms with E-state index in [2.05, 4.69) is 35.3 Å². The Labute approximate surface area is 275 Å². The van der Waals surface area contributed by atoms with Crippen LogP contribution < -0.4 is 9.47 Å². The van der Waals surface area contributed by atoms with Crippen LogP contribution in [0.3, 0.4) is 0 Å². The van der Waals surface area contributed by atoms with Gasteiger partial charge in [0.15, 0.2) is 5.76 Å². The molecule has 1 saturated carbocycles. The smallest absolute Gasteiger partial charge is 0.274 e. The predicted molar refractivity (Wildman–Crippen MR) is 184 cm³/mol. The van der Waals surface area contributed by atoms with Crippen LogP contribution in [0.4, 0.5) is 0 Å². The number of ether oxygens (including phenoxy) is 2. The summed E-state index contributed by atoms with van der Waals surface area (Å²) < 4.78 is 17.4. The first-order valence-corrected chi connectivity index (χ1v) is 16.3. The van der Waals surface area contributed by atoms with E-state index >= 15 is 0 Å². The van der Waals surface area contributed by atoms with Gasteiger partial charge in [-0.3, -0.25) is 4.79 Å². The molecule has 0 radical (unpaired) electrons. The maximum Gasteiger partial charge on any atom is 0.274 e. The van der Waals surface area contributed by atoms with E-state index in [0.717, 1.165) is 58.7 Å². The van der Waals surface area contributed by atoms with Crippen molar-refractivity contribution in [2.24, 2.45) is 11.0 Å². The van der Waals surface area contributed by atoms with Gasteiger partial charge in [0.05, 0.1) is 31.2 Å². The van der Waals surface area contributed by atoms with Crippen LogP contribution in [0.25, 0.3) is 28.9 Å². The number of benzene rings is 4. The van der Waals surface area contributed by atoms with Crippen LogP contribution in [0.2, 0.25) is 0 Å². The zero-order chi connectivity index (χ0) is 32.2. The number of amides is 1. The molecule has 5 aromatic rings. The van der Waals surface area contributed by atoms with Crippen molar-refractivity contribution < 1.29 is 18.7 Å². The third-order valence-corrected chi connectivity index (χ3v) is 8.72. The Morgan fingerprint density at radius 1 is 0.851 bits per heavy atom. The van der Waals surface area contributed by atoms with Crippen LogP contribution in [0, 0.1) is 5.92 Å². The molecular formula is C40H37N3O4. The van der Waals surface area contributed by atoms with Crippen molar-refractivity contribution in [3.8, 4) is 34.3 Å². The number of rotatable bonds is 9. The molecule has 7 rings (SSSR count). The molecule has 1 amide bonds. The fourth-order valence-corrected chi connectivity index (χ4v) is 6.49. The molecule has 1 fully saturated rings. The van der Waals surface area contributed by atoms with Crippen molar-refractivity contribution in [2.75, 3.05) is 13.2 Å². The molecule has 1 aliphatic heterocycles. The number of nitrogens with zero attached hydrogens (tertiary/aromatic N) is 3. The van der Waals surface area contributed by atoms with Gasteiger partial charge in [-0.15, -0.1) is 0 Å². The first-order chi connectivity index (χ1) is 23.1. The van der Waals surface area contributed by atoms with Crippen LogP contribution in [0.1, 0.15) is 60.6 Å². The standard InChI is InChI=1S/C40H37N3O4/c1-3-45-33-21-13-27(14-22-33)25-32-11-8-12-35-37(32)42-43(38(35)29-19-23-34(24-20-29)46-4-2)40(44)31-17-15-30(16-18-31)39-41-26-36(47-39)28-9-6-5-7-10-28/h5-7,9-10,13-26,35,38H,3-4,8,11-12H2,1-2H3/b32-25+/t35-,38+/m0/s1. The first kappa shape index (κ1) is 30.2. The number of aromatic nitrogens is 1. The summed E-state index contributed by atoms with van der Waals surface area (Å²) in [5.74, 6) is 2.81. The molecule has 236 valence electrons. The second-order valence-electron chi connectivity index (χ2n) is 11.7. The van der Waals surface area contributed by atoms with Gasteiger partial charge in [0.1, 0.15) is 11.5 Å². The molecular weight excluding hydrogens is 586 g/mol. The van der Waals surface area contributed by atoms with Crippen LogP contribution in [-0.2, 0) is 0 Å². The van der Waals surface area contributed by atoms with E-state index in [1.54, 1.807) is 11.2 Å². The molecule has 7 heteroatoms. The van der Waals surface area contributed by atoms with Crippen LogP contribution in [0.5, 0.6) is 11.5 Å². The number of hydrazone groups is 1. The largest absolute Gasteiger partial charge is 0.494 e. The Balaban J connectivity index is 1.20. The molecule has 1 aromatic heterocycles. The summed E-state index contributed by atoms with van der Waals surface area (Å²) in [6.45, 7) is 5.19. The van der Waals surface area contributed by atoms with Crippen LogP contribution in [0.15, 0.2) is 124 Å². The molecule has 47 heavy (non-hydrogen) atoms. The molecule has 2 atom stereocenters. The summed E-state index contributed by atoms with van der Waals surface area (Å²) in [7, 11) is 0. The van der Waals surface area contributed by atoms with Gasteiger partial charge in [0.2, 0.25) is 5.89 Å². The predicted octanol–water partition coefficient (Wildman–Crippen LogP) is 9.24. The highest BCUT2D eigenvalue weighted by Crippen LogP contribution is 2.45. The summed E-state index contributed by atoms with van der Waals surface area (Å²) in [6.07, 6.45) is 6.83. The minimum atomic E-state index is -0.225. The van der Waals surface area contributed by atoms with Crippen molar-refractivity contribution in [1.82, 2.24) is 9.99 Å². The zero-order valence-electron chi connectivity index (χ0n) is 26.6. The highest BCUT2D eigenvalue weighted by Gasteiger charge is 2.44. The SMILES string of the molecule is CCOc1ccc(/C=C2\CCC[C@H]3C2=NN(C(=O)c2ccc(-c4ncc(-c5ccccc5)o4)cc2)[C@@H]3c2ccc(OCC)cc2)cc1. The number of allylic oxidation sites excluding steroid dienone is 1. The summed E-state index contributed by atoms with van der Waals surface area (Å²) >= 11 is 0. The van der Waals surface area contributed by atoms with E-state index in [0.29, 0.717) is 30.4 Å². The number of carbonyl (C=O) groups is 1. The highest BCUT2D eigenvalue weighted by atomic mass is 16.5.